The second-order valence-electron chi connectivity index (χ2n) is 4.97. The van der Waals surface area contributed by atoms with E-state index in [1.54, 1.807) is 12.1 Å². The van der Waals surface area contributed by atoms with E-state index in [4.69, 9.17) is 0 Å². The zero-order valence-electron chi connectivity index (χ0n) is 12.0. The van der Waals surface area contributed by atoms with E-state index in [9.17, 15) is 4.39 Å². The minimum atomic E-state index is -0.172. The van der Waals surface area contributed by atoms with Crippen LogP contribution in [-0.4, -0.2) is 9.78 Å². The first-order chi connectivity index (χ1) is 10.3. The molecular weight excluding hydrogens is 265 g/mol. The van der Waals surface area contributed by atoms with Crippen LogP contribution in [0.3, 0.4) is 0 Å². The fourth-order valence-corrected chi connectivity index (χ4v) is 2.53. The predicted molar refractivity (Wildman–Crippen MR) is 82.4 cm³/mol. The van der Waals surface area contributed by atoms with Crippen LogP contribution >= 0.6 is 0 Å². The van der Waals surface area contributed by atoms with E-state index in [1.807, 2.05) is 22.9 Å². The van der Waals surface area contributed by atoms with Gasteiger partial charge in [0.25, 0.3) is 0 Å². The lowest BCUT2D eigenvalue weighted by Gasteiger charge is -2.04. The normalized spacial score (nSPS) is 11.1. The van der Waals surface area contributed by atoms with Gasteiger partial charge < -0.3 is 5.32 Å². The van der Waals surface area contributed by atoms with Crippen LogP contribution < -0.4 is 5.32 Å². The summed E-state index contributed by atoms with van der Waals surface area (Å²) < 4.78 is 15.6. The summed E-state index contributed by atoms with van der Waals surface area (Å²) in [5.41, 5.74) is 2.82. The average molecular weight is 283 g/mol. The number of fused-ring (bicyclic) bond motifs is 1. The molecule has 0 saturated heterocycles. The molecule has 0 bridgehead atoms. The molecule has 3 aromatic rings. The Morgan fingerprint density at radius 3 is 2.62 bits per heavy atom. The number of nitrogens with one attached hydrogen (secondary N) is 1. The monoisotopic (exact) mass is 283 g/mol. The standard InChI is InChI=1S/C17H18FN3/c1-2-21-17-10-6-4-8-14(17)16(20-21)12-19-11-13-7-3-5-9-15(13)18/h3-10,19H,2,11-12H2,1H3. The van der Waals surface area contributed by atoms with E-state index in [1.165, 1.54) is 6.07 Å². The lowest BCUT2D eigenvalue weighted by Crippen LogP contribution is -2.14. The number of halogens is 1. The summed E-state index contributed by atoms with van der Waals surface area (Å²) in [5.74, 6) is -0.172. The van der Waals surface area contributed by atoms with Crippen molar-refractivity contribution in [3.8, 4) is 0 Å². The number of para-hydroxylation sites is 1. The van der Waals surface area contributed by atoms with E-state index in [2.05, 4.69) is 29.5 Å². The van der Waals surface area contributed by atoms with Gasteiger partial charge >= 0.3 is 0 Å². The van der Waals surface area contributed by atoms with E-state index in [-0.39, 0.29) is 5.82 Å². The average Bonchev–Trinajstić information content (AvgIpc) is 2.88. The van der Waals surface area contributed by atoms with Gasteiger partial charge in [0.2, 0.25) is 0 Å². The molecule has 0 radical (unpaired) electrons. The molecule has 0 aliphatic heterocycles. The fraction of sp³-hybridized carbons (Fsp3) is 0.235. The zero-order chi connectivity index (χ0) is 14.7. The predicted octanol–water partition coefficient (Wildman–Crippen LogP) is 3.49. The Balaban J connectivity index is 1.75. The maximum Gasteiger partial charge on any atom is 0.127 e. The Kier molecular flexibility index (Phi) is 3.97. The minimum Gasteiger partial charge on any atom is -0.307 e. The first-order valence-electron chi connectivity index (χ1n) is 7.18. The van der Waals surface area contributed by atoms with Gasteiger partial charge in [-0.2, -0.15) is 5.10 Å². The molecule has 1 heterocycles. The number of aryl methyl sites for hydroxylation is 1. The second-order valence-corrected chi connectivity index (χ2v) is 4.97. The number of aromatic nitrogens is 2. The van der Waals surface area contributed by atoms with Crippen molar-refractivity contribution < 1.29 is 4.39 Å². The van der Waals surface area contributed by atoms with Crippen LogP contribution in [0.5, 0.6) is 0 Å². The smallest absolute Gasteiger partial charge is 0.127 e. The summed E-state index contributed by atoms with van der Waals surface area (Å²) >= 11 is 0. The Hall–Kier alpha value is -2.20. The lowest BCUT2D eigenvalue weighted by atomic mass is 10.2. The highest BCUT2D eigenvalue weighted by Crippen LogP contribution is 2.18. The summed E-state index contributed by atoms with van der Waals surface area (Å²) in [7, 11) is 0. The molecule has 2 aromatic carbocycles. The highest BCUT2D eigenvalue weighted by Gasteiger charge is 2.08. The van der Waals surface area contributed by atoms with Gasteiger partial charge in [-0.05, 0) is 19.1 Å². The maximum atomic E-state index is 13.6. The van der Waals surface area contributed by atoms with Gasteiger partial charge in [0.1, 0.15) is 5.82 Å². The zero-order valence-corrected chi connectivity index (χ0v) is 12.0. The van der Waals surface area contributed by atoms with Crippen LogP contribution in [0.25, 0.3) is 10.9 Å². The molecule has 0 aliphatic carbocycles. The van der Waals surface area contributed by atoms with Gasteiger partial charge in [-0.15, -0.1) is 0 Å². The van der Waals surface area contributed by atoms with Crippen molar-refractivity contribution in [3.63, 3.8) is 0 Å². The van der Waals surface area contributed by atoms with Crippen LogP contribution in [0.2, 0.25) is 0 Å². The second kappa shape index (κ2) is 6.06. The largest absolute Gasteiger partial charge is 0.307 e. The highest BCUT2D eigenvalue weighted by atomic mass is 19.1. The molecule has 1 aromatic heterocycles. The van der Waals surface area contributed by atoms with Crippen molar-refractivity contribution >= 4 is 10.9 Å². The van der Waals surface area contributed by atoms with Crippen LogP contribution in [0.15, 0.2) is 48.5 Å². The van der Waals surface area contributed by atoms with Crippen molar-refractivity contribution in [1.82, 2.24) is 15.1 Å². The van der Waals surface area contributed by atoms with E-state index in [0.29, 0.717) is 18.7 Å². The molecule has 0 atom stereocenters. The highest BCUT2D eigenvalue weighted by molar-refractivity contribution is 5.81. The summed E-state index contributed by atoms with van der Waals surface area (Å²) in [6.45, 7) is 4.05. The van der Waals surface area contributed by atoms with Crippen molar-refractivity contribution in [1.29, 1.82) is 0 Å². The molecule has 0 aliphatic rings. The van der Waals surface area contributed by atoms with Crippen molar-refractivity contribution in [2.75, 3.05) is 0 Å². The SMILES string of the molecule is CCn1nc(CNCc2ccccc2F)c2ccccc21. The molecule has 0 unspecified atom stereocenters. The number of benzene rings is 2. The summed E-state index contributed by atoms with van der Waals surface area (Å²) in [6, 6.07) is 15.0. The molecular formula is C17H18FN3. The number of hydrogen-bond acceptors (Lipinski definition) is 2. The topological polar surface area (TPSA) is 29.9 Å². The van der Waals surface area contributed by atoms with Gasteiger partial charge in [-0.3, -0.25) is 4.68 Å². The van der Waals surface area contributed by atoms with Crippen LogP contribution in [-0.2, 0) is 19.6 Å². The van der Waals surface area contributed by atoms with E-state index < -0.39 is 0 Å². The molecule has 0 saturated carbocycles. The molecule has 108 valence electrons. The third-order valence-corrected chi connectivity index (χ3v) is 3.60. The summed E-state index contributed by atoms with van der Waals surface area (Å²) in [5, 5.41) is 9.05. The fourth-order valence-electron chi connectivity index (χ4n) is 2.53. The Bertz CT molecular complexity index is 749. The minimum absolute atomic E-state index is 0.172. The van der Waals surface area contributed by atoms with Crippen molar-refractivity contribution in [2.45, 2.75) is 26.6 Å². The van der Waals surface area contributed by atoms with Crippen LogP contribution in [0.1, 0.15) is 18.2 Å². The van der Waals surface area contributed by atoms with Gasteiger partial charge in [0.05, 0.1) is 11.2 Å². The van der Waals surface area contributed by atoms with Gasteiger partial charge in [-0.25, -0.2) is 4.39 Å². The lowest BCUT2D eigenvalue weighted by molar-refractivity contribution is 0.581. The first kappa shape index (κ1) is 13.8. The molecule has 0 fully saturated rings. The van der Waals surface area contributed by atoms with Crippen molar-refractivity contribution in [2.24, 2.45) is 0 Å². The van der Waals surface area contributed by atoms with Gasteiger partial charge in [-0.1, -0.05) is 36.4 Å². The van der Waals surface area contributed by atoms with Crippen LogP contribution in [0.4, 0.5) is 4.39 Å². The molecule has 3 nitrogen and oxygen atoms in total. The Morgan fingerprint density at radius 1 is 1.05 bits per heavy atom. The summed E-state index contributed by atoms with van der Waals surface area (Å²) in [6.07, 6.45) is 0. The molecule has 3 rings (SSSR count). The summed E-state index contributed by atoms with van der Waals surface area (Å²) in [4.78, 5) is 0. The third kappa shape index (κ3) is 2.81. The molecule has 1 N–H and O–H groups in total. The quantitative estimate of drug-likeness (QED) is 0.777. The Labute approximate surface area is 123 Å². The molecule has 4 heteroatoms. The van der Waals surface area contributed by atoms with Gasteiger partial charge in [0.15, 0.2) is 0 Å². The van der Waals surface area contributed by atoms with Gasteiger partial charge in [0, 0.05) is 30.6 Å². The first-order valence-corrected chi connectivity index (χ1v) is 7.18. The molecule has 21 heavy (non-hydrogen) atoms. The van der Waals surface area contributed by atoms with E-state index >= 15 is 0 Å². The van der Waals surface area contributed by atoms with E-state index in [0.717, 1.165) is 23.1 Å². The Morgan fingerprint density at radius 2 is 1.81 bits per heavy atom. The molecule has 0 amide bonds. The maximum absolute atomic E-state index is 13.6. The number of hydrogen-bond donors (Lipinski definition) is 1. The molecule has 0 spiro atoms. The van der Waals surface area contributed by atoms with Crippen molar-refractivity contribution in [3.05, 3.63) is 65.6 Å². The van der Waals surface area contributed by atoms with Crippen LogP contribution in [0, 0.1) is 5.82 Å². The number of rotatable bonds is 5. The number of nitrogens with zero attached hydrogens (tertiary/aromatic N) is 2. The third-order valence-electron chi connectivity index (χ3n) is 3.60.